The van der Waals surface area contributed by atoms with Gasteiger partial charge in [-0.15, -0.1) is 0 Å². The fraction of sp³-hybridized carbons (Fsp3) is 0.438. The van der Waals surface area contributed by atoms with E-state index in [1.807, 2.05) is 18.2 Å². The van der Waals surface area contributed by atoms with Crippen molar-refractivity contribution in [3.05, 3.63) is 24.3 Å². The number of hydrogen-bond donors (Lipinski definition) is 2. The predicted octanol–water partition coefficient (Wildman–Crippen LogP) is 0.964. The number of piperazine rings is 1. The van der Waals surface area contributed by atoms with Gasteiger partial charge in [0.05, 0.1) is 11.0 Å². The third kappa shape index (κ3) is 2.85. The van der Waals surface area contributed by atoms with Crippen molar-refractivity contribution in [2.45, 2.75) is 13.0 Å². The fourth-order valence-electron chi connectivity index (χ4n) is 3.22. The molecule has 0 amide bonds. The Morgan fingerprint density at radius 1 is 1.12 bits per heavy atom. The number of benzene rings is 1. The lowest BCUT2D eigenvalue weighted by Crippen LogP contribution is -2.43. The van der Waals surface area contributed by atoms with Crippen molar-refractivity contribution >= 4 is 16.9 Å². The molecule has 1 fully saturated rings. The van der Waals surface area contributed by atoms with Gasteiger partial charge >= 0.3 is 0 Å². The lowest BCUT2D eigenvalue weighted by Gasteiger charge is -2.27. The second-order valence-electron chi connectivity index (χ2n) is 6.02. The molecular formula is C16H21N7O. The summed E-state index contributed by atoms with van der Waals surface area (Å²) in [6.07, 6.45) is 1.04. The average molecular weight is 327 g/mol. The molecule has 126 valence electrons. The van der Waals surface area contributed by atoms with Crippen LogP contribution in [0.3, 0.4) is 0 Å². The maximum Gasteiger partial charge on any atom is 0.199 e. The van der Waals surface area contributed by atoms with Crippen molar-refractivity contribution in [3.8, 4) is 11.5 Å². The monoisotopic (exact) mass is 327 g/mol. The summed E-state index contributed by atoms with van der Waals surface area (Å²) in [5, 5.41) is 11.0. The second-order valence-corrected chi connectivity index (χ2v) is 6.02. The molecule has 0 bridgehead atoms. The predicted molar refractivity (Wildman–Crippen MR) is 91.4 cm³/mol. The van der Waals surface area contributed by atoms with Crippen LogP contribution in [-0.2, 0) is 6.54 Å². The second kappa shape index (κ2) is 6.58. The van der Waals surface area contributed by atoms with Crippen molar-refractivity contribution in [1.29, 1.82) is 0 Å². The molecule has 3 aromatic rings. The minimum atomic E-state index is 0.272. The molecule has 3 N–H and O–H groups in total. The quantitative estimate of drug-likeness (QED) is 0.720. The molecule has 0 aliphatic carbocycles. The van der Waals surface area contributed by atoms with Crippen molar-refractivity contribution < 1.29 is 4.63 Å². The normalized spacial score (nSPS) is 16.0. The first-order valence-electron chi connectivity index (χ1n) is 8.29. The van der Waals surface area contributed by atoms with Crippen LogP contribution in [0.1, 0.15) is 6.42 Å². The number of nitrogens with one attached hydrogen (secondary N) is 1. The van der Waals surface area contributed by atoms with Crippen LogP contribution in [0.15, 0.2) is 28.9 Å². The third-order valence-electron chi connectivity index (χ3n) is 4.45. The summed E-state index contributed by atoms with van der Waals surface area (Å²) in [5.41, 5.74) is 8.39. The van der Waals surface area contributed by atoms with E-state index in [1.54, 1.807) is 0 Å². The van der Waals surface area contributed by atoms with Gasteiger partial charge in [0.2, 0.25) is 0 Å². The molecule has 24 heavy (non-hydrogen) atoms. The van der Waals surface area contributed by atoms with E-state index in [9.17, 15) is 0 Å². The van der Waals surface area contributed by atoms with E-state index in [0.29, 0.717) is 5.69 Å². The van der Waals surface area contributed by atoms with Crippen molar-refractivity contribution in [1.82, 2.24) is 30.1 Å². The Labute approximate surface area is 139 Å². The molecule has 1 aliphatic rings. The lowest BCUT2D eigenvalue weighted by atomic mass is 10.3. The number of nitrogens with zero attached hydrogens (tertiary/aromatic N) is 5. The van der Waals surface area contributed by atoms with Gasteiger partial charge in [0.1, 0.15) is 0 Å². The highest BCUT2D eigenvalue weighted by molar-refractivity contribution is 5.81. The minimum Gasteiger partial charge on any atom is -0.379 e. The average Bonchev–Trinajstić information content (AvgIpc) is 3.19. The summed E-state index contributed by atoms with van der Waals surface area (Å²) in [7, 11) is 0. The lowest BCUT2D eigenvalue weighted by molar-refractivity contribution is 0.235. The number of hydrogen-bond acceptors (Lipinski definition) is 7. The number of para-hydroxylation sites is 2. The van der Waals surface area contributed by atoms with Crippen molar-refractivity contribution in [2.75, 3.05) is 38.5 Å². The Morgan fingerprint density at radius 2 is 1.96 bits per heavy atom. The SMILES string of the molecule is Nc1nonc1-c1nc2ccccc2n1CCCN1CCNCC1. The van der Waals surface area contributed by atoms with E-state index in [2.05, 4.69) is 36.1 Å². The Hall–Kier alpha value is -2.45. The van der Waals surface area contributed by atoms with E-state index in [1.165, 1.54) is 0 Å². The van der Waals surface area contributed by atoms with Crippen molar-refractivity contribution in [2.24, 2.45) is 0 Å². The number of anilines is 1. The van der Waals surface area contributed by atoms with E-state index in [-0.39, 0.29) is 5.82 Å². The Morgan fingerprint density at radius 3 is 2.75 bits per heavy atom. The molecule has 0 unspecified atom stereocenters. The van der Waals surface area contributed by atoms with Gasteiger partial charge in [-0.1, -0.05) is 12.1 Å². The molecule has 8 heteroatoms. The number of nitrogen functional groups attached to an aromatic ring is 1. The Bertz CT molecular complexity index is 819. The molecule has 1 aromatic carbocycles. The number of aryl methyl sites for hydroxylation is 1. The van der Waals surface area contributed by atoms with Crippen LogP contribution < -0.4 is 11.1 Å². The molecule has 4 rings (SSSR count). The first-order valence-corrected chi connectivity index (χ1v) is 8.29. The van der Waals surface area contributed by atoms with Crippen LogP contribution in [0.2, 0.25) is 0 Å². The first kappa shape index (κ1) is 15.1. The van der Waals surface area contributed by atoms with Gasteiger partial charge < -0.3 is 20.5 Å². The molecule has 2 aromatic heterocycles. The van der Waals surface area contributed by atoms with Crippen LogP contribution in [0.4, 0.5) is 5.82 Å². The minimum absolute atomic E-state index is 0.272. The highest BCUT2D eigenvalue weighted by Crippen LogP contribution is 2.26. The van der Waals surface area contributed by atoms with Crippen LogP contribution >= 0.6 is 0 Å². The zero-order chi connectivity index (χ0) is 16.4. The molecule has 0 radical (unpaired) electrons. The molecule has 1 aliphatic heterocycles. The Kier molecular flexibility index (Phi) is 4.14. The van der Waals surface area contributed by atoms with Crippen LogP contribution in [0.5, 0.6) is 0 Å². The molecular weight excluding hydrogens is 306 g/mol. The highest BCUT2D eigenvalue weighted by atomic mass is 16.6. The zero-order valence-electron chi connectivity index (χ0n) is 13.5. The van der Waals surface area contributed by atoms with Gasteiger partial charge in [0.25, 0.3) is 0 Å². The third-order valence-corrected chi connectivity index (χ3v) is 4.45. The van der Waals surface area contributed by atoms with Crippen LogP contribution in [0, 0.1) is 0 Å². The van der Waals surface area contributed by atoms with Crippen LogP contribution in [-0.4, -0.2) is 57.5 Å². The maximum absolute atomic E-state index is 5.87. The molecule has 8 nitrogen and oxygen atoms in total. The number of nitrogens with two attached hydrogens (primary N) is 1. The van der Waals surface area contributed by atoms with E-state index in [4.69, 9.17) is 10.4 Å². The molecule has 0 atom stereocenters. The summed E-state index contributed by atoms with van der Waals surface area (Å²) < 4.78 is 6.92. The smallest absolute Gasteiger partial charge is 0.199 e. The molecule has 0 saturated carbocycles. The summed E-state index contributed by atoms with van der Waals surface area (Å²) in [6.45, 7) is 6.28. The highest BCUT2D eigenvalue weighted by Gasteiger charge is 2.19. The Balaban J connectivity index is 1.59. The zero-order valence-corrected chi connectivity index (χ0v) is 13.5. The van der Waals surface area contributed by atoms with Gasteiger partial charge in [-0.3, -0.25) is 0 Å². The number of rotatable bonds is 5. The summed E-state index contributed by atoms with van der Waals surface area (Å²) in [4.78, 5) is 7.17. The maximum atomic E-state index is 5.87. The fourth-order valence-corrected chi connectivity index (χ4v) is 3.22. The van der Waals surface area contributed by atoms with Gasteiger partial charge in [0.15, 0.2) is 17.3 Å². The number of aromatic nitrogens is 4. The van der Waals surface area contributed by atoms with Gasteiger partial charge in [0, 0.05) is 32.7 Å². The summed E-state index contributed by atoms with van der Waals surface area (Å²) in [5.74, 6) is 0.990. The van der Waals surface area contributed by atoms with Crippen molar-refractivity contribution in [3.63, 3.8) is 0 Å². The van der Waals surface area contributed by atoms with E-state index >= 15 is 0 Å². The topological polar surface area (TPSA) is 98.0 Å². The standard InChI is InChI=1S/C16H21N7O/c17-15-14(20-24-21-15)16-19-12-4-1-2-5-13(12)23(16)9-3-8-22-10-6-18-7-11-22/h1-2,4-5,18H,3,6-11H2,(H2,17,21). The molecule has 1 saturated heterocycles. The van der Waals surface area contributed by atoms with Gasteiger partial charge in [-0.2, -0.15) is 0 Å². The first-order chi connectivity index (χ1) is 11.8. The summed E-state index contributed by atoms with van der Waals surface area (Å²) in [6, 6.07) is 8.06. The van der Waals surface area contributed by atoms with E-state index < -0.39 is 0 Å². The van der Waals surface area contributed by atoms with Gasteiger partial charge in [-0.25, -0.2) is 9.61 Å². The molecule has 0 spiro atoms. The molecule has 3 heterocycles. The summed E-state index contributed by atoms with van der Waals surface area (Å²) >= 11 is 0. The number of imidazole rings is 1. The van der Waals surface area contributed by atoms with E-state index in [0.717, 1.165) is 62.5 Å². The van der Waals surface area contributed by atoms with Gasteiger partial charge in [-0.05, 0) is 35.4 Å². The number of fused-ring (bicyclic) bond motifs is 1. The largest absolute Gasteiger partial charge is 0.379 e. The van der Waals surface area contributed by atoms with Crippen LogP contribution in [0.25, 0.3) is 22.6 Å².